The maximum Gasteiger partial charge on any atom is 0.221 e. The van der Waals surface area contributed by atoms with Crippen LogP contribution in [0.2, 0.25) is 0 Å². The molecular formula is C19H19N5O3S. The molecule has 0 fully saturated rings. The van der Waals surface area contributed by atoms with Crippen LogP contribution in [0.25, 0.3) is 0 Å². The van der Waals surface area contributed by atoms with E-state index in [1.807, 2.05) is 30.3 Å². The fourth-order valence-electron chi connectivity index (χ4n) is 2.36. The molecule has 3 rings (SSSR count). The van der Waals surface area contributed by atoms with Crippen LogP contribution in [0.3, 0.4) is 0 Å². The molecule has 8 nitrogen and oxygen atoms in total. The molecule has 1 heterocycles. The number of H-pyrrole nitrogens is 1. The van der Waals surface area contributed by atoms with E-state index in [0.29, 0.717) is 22.1 Å². The van der Waals surface area contributed by atoms with Gasteiger partial charge in [-0.1, -0.05) is 18.2 Å². The van der Waals surface area contributed by atoms with Gasteiger partial charge in [-0.2, -0.15) is 14.9 Å². The maximum atomic E-state index is 11.1. The number of methoxy groups -OCH3 is 1. The lowest BCUT2D eigenvalue weighted by Gasteiger charge is -2.07. The van der Waals surface area contributed by atoms with Gasteiger partial charge in [-0.15, -0.1) is 0 Å². The van der Waals surface area contributed by atoms with Crippen molar-refractivity contribution in [2.75, 3.05) is 12.4 Å². The highest BCUT2D eigenvalue weighted by Gasteiger charge is 2.07. The van der Waals surface area contributed by atoms with Crippen molar-refractivity contribution in [1.29, 1.82) is 0 Å². The third-order valence-electron chi connectivity index (χ3n) is 3.68. The average Bonchev–Trinajstić information content (AvgIpc) is 3.05. The molecule has 2 N–H and O–H groups in total. The Balaban J connectivity index is 1.71. The number of carbonyl (C=O) groups is 1. The Labute approximate surface area is 166 Å². The van der Waals surface area contributed by atoms with E-state index in [1.165, 1.54) is 11.6 Å². The summed E-state index contributed by atoms with van der Waals surface area (Å²) in [5.41, 5.74) is 1.56. The van der Waals surface area contributed by atoms with Crippen molar-refractivity contribution in [2.45, 2.75) is 13.5 Å². The van der Waals surface area contributed by atoms with Crippen LogP contribution in [0, 0.1) is 4.77 Å². The predicted molar refractivity (Wildman–Crippen MR) is 108 cm³/mol. The van der Waals surface area contributed by atoms with Gasteiger partial charge in [0.15, 0.2) is 5.82 Å². The summed E-state index contributed by atoms with van der Waals surface area (Å²) in [6, 6.07) is 14.6. The number of carbonyl (C=O) groups excluding carboxylic acids is 1. The fraction of sp³-hybridized carbons (Fsp3) is 0.158. The van der Waals surface area contributed by atoms with Crippen molar-refractivity contribution in [3.63, 3.8) is 0 Å². The second kappa shape index (κ2) is 8.96. The first-order valence-corrected chi connectivity index (χ1v) is 8.81. The summed E-state index contributed by atoms with van der Waals surface area (Å²) in [5, 5.41) is 14.0. The molecule has 0 aliphatic carbocycles. The molecule has 0 radical (unpaired) electrons. The highest BCUT2D eigenvalue weighted by Crippen LogP contribution is 2.19. The summed E-state index contributed by atoms with van der Waals surface area (Å²) in [6.07, 6.45) is 1.65. The van der Waals surface area contributed by atoms with Gasteiger partial charge in [0.1, 0.15) is 18.1 Å². The summed E-state index contributed by atoms with van der Waals surface area (Å²) >= 11 is 5.24. The summed E-state index contributed by atoms with van der Waals surface area (Å²) in [6.45, 7) is 1.64. The number of nitrogens with zero attached hydrogens (tertiary/aromatic N) is 3. The minimum Gasteiger partial charge on any atom is -0.497 e. The van der Waals surface area contributed by atoms with Crippen LogP contribution in [-0.2, 0) is 11.4 Å². The van der Waals surface area contributed by atoms with Gasteiger partial charge in [0.25, 0.3) is 0 Å². The van der Waals surface area contributed by atoms with E-state index in [0.717, 1.165) is 11.3 Å². The number of ether oxygens (including phenoxy) is 2. The molecule has 0 aliphatic rings. The molecule has 144 valence electrons. The van der Waals surface area contributed by atoms with Crippen LogP contribution in [0.1, 0.15) is 18.3 Å². The molecule has 0 saturated carbocycles. The second-order valence-corrected chi connectivity index (χ2v) is 6.16. The summed E-state index contributed by atoms with van der Waals surface area (Å²) < 4.78 is 12.8. The van der Waals surface area contributed by atoms with E-state index < -0.39 is 0 Å². The first-order valence-electron chi connectivity index (χ1n) is 8.40. The van der Waals surface area contributed by atoms with Crippen molar-refractivity contribution < 1.29 is 14.3 Å². The minimum absolute atomic E-state index is 0.119. The maximum absolute atomic E-state index is 11.1. The standard InChI is InChI=1S/C19H19N5O3S/c1-13(25)21-15-8-6-14(7-9-15)11-20-24-18(22-23-19(24)28)12-27-17-5-3-4-16(10-17)26-2/h3-11H,12H2,1-2H3,(H,21,25)(H,23,28)/b20-11-. The quantitative estimate of drug-likeness (QED) is 0.471. The summed E-state index contributed by atoms with van der Waals surface area (Å²) in [4.78, 5) is 11.1. The molecule has 0 spiro atoms. The predicted octanol–water partition coefficient (Wildman–Crippen LogP) is 3.37. The number of anilines is 1. The molecule has 0 unspecified atom stereocenters. The van der Waals surface area contributed by atoms with Crippen LogP contribution in [0.4, 0.5) is 5.69 Å². The second-order valence-electron chi connectivity index (χ2n) is 5.77. The van der Waals surface area contributed by atoms with Crippen molar-refractivity contribution in [3.05, 3.63) is 64.7 Å². The number of amides is 1. The average molecular weight is 397 g/mol. The smallest absolute Gasteiger partial charge is 0.221 e. The first-order chi connectivity index (χ1) is 13.5. The summed E-state index contributed by atoms with van der Waals surface area (Å²) in [7, 11) is 1.60. The van der Waals surface area contributed by atoms with Crippen molar-refractivity contribution >= 4 is 30.0 Å². The van der Waals surface area contributed by atoms with E-state index in [1.54, 1.807) is 31.5 Å². The molecule has 1 aromatic heterocycles. The van der Waals surface area contributed by atoms with Gasteiger partial charge in [0, 0.05) is 18.7 Å². The van der Waals surface area contributed by atoms with Crippen LogP contribution in [-0.4, -0.2) is 34.1 Å². The third kappa shape index (κ3) is 5.04. The zero-order chi connectivity index (χ0) is 19.9. The molecular weight excluding hydrogens is 378 g/mol. The van der Waals surface area contributed by atoms with Crippen molar-refractivity contribution in [2.24, 2.45) is 5.10 Å². The minimum atomic E-state index is -0.119. The molecule has 0 atom stereocenters. The molecule has 3 aromatic rings. The van der Waals surface area contributed by atoms with E-state index in [9.17, 15) is 4.79 Å². The third-order valence-corrected chi connectivity index (χ3v) is 3.94. The van der Waals surface area contributed by atoms with Crippen LogP contribution >= 0.6 is 12.2 Å². The van der Waals surface area contributed by atoms with Crippen molar-refractivity contribution in [1.82, 2.24) is 14.9 Å². The monoisotopic (exact) mass is 397 g/mol. The van der Waals surface area contributed by atoms with Crippen LogP contribution in [0.5, 0.6) is 11.5 Å². The van der Waals surface area contributed by atoms with Crippen LogP contribution in [0.15, 0.2) is 53.6 Å². The molecule has 1 amide bonds. The molecule has 9 heteroatoms. The number of hydrogen-bond donors (Lipinski definition) is 2. The largest absolute Gasteiger partial charge is 0.497 e. The van der Waals surface area contributed by atoms with E-state index in [-0.39, 0.29) is 12.5 Å². The number of aromatic amines is 1. The normalized spacial score (nSPS) is 10.8. The number of rotatable bonds is 7. The Morgan fingerprint density at radius 3 is 2.75 bits per heavy atom. The van der Waals surface area contributed by atoms with Crippen molar-refractivity contribution in [3.8, 4) is 11.5 Å². The highest BCUT2D eigenvalue weighted by atomic mass is 32.1. The van der Waals surface area contributed by atoms with Crippen LogP contribution < -0.4 is 14.8 Å². The van der Waals surface area contributed by atoms with E-state index >= 15 is 0 Å². The fourth-order valence-corrected chi connectivity index (χ4v) is 2.55. The van der Waals surface area contributed by atoms with Gasteiger partial charge in [0.2, 0.25) is 10.7 Å². The Hall–Kier alpha value is -3.46. The number of benzene rings is 2. The zero-order valence-electron chi connectivity index (χ0n) is 15.4. The van der Waals surface area contributed by atoms with Gasteiger partial charge >= 0.3 is 0 Å². The lowest BCUT2D eigenvalue weighted by Crippen LogP contribution is -2.05. The van der Waals surface area contributed by atoms with Gasteiger partial charge in [-0.25, -0.2) is 5.10 Å². The zero-order valence-corrected chi connectivity index (χ0v) is 16.2. The first kappa shape index (κ1) is 19.3. The van der Waals surface area contributed by atoms with Gasteiger partial charge in [-0.05, 0) is 42.0 Å². The van der Waals surface area contributed by atoms with E-state index in [2.05, 4.69) is 20.6 Å². The highest BCUT2D eigenvalue weighted by molar-refractivity contribution is 7.71. The molecule has 0 bridgehead atoms. The number of hydrogen-bond acceptors (Lipinski definition) is 6. The molecule has 0 saturated heterocycles. The summed E-state index contributed by atoms with van der Waals surface area (Å²) in [5.74, 6) is 1.76. The SMILES string of the molecule is COc1cccc(OCc2n[nH]c(=S)n2/N=C\c2ccc(NC(C)=O)cc2)c1. The number of nitrogens with one attached hydrogen (secondary N) is 2. The Morgan fingerprint density at radius 2 is 2.04 bits per heavy atom. The Kier molecular flexibility index (Phi) is 6.18. The molecule has 0 aliphatic heterocycles. The Morgan fingerprint density at radius 1 is 1.29 bits per heavy atom. The van der Waals surface area contributed by atoms with Gasteiger partial charge < -0.3 is 14.8 Å². The molecule has 28 heavy (non-hydrogen) atoms. The van der Waals surface area contributed by atoms with Gasteiger partial charge in [-0.3, -0.25) is 4.79 Å². The van der Waals surface area contributed by atoms with Gasteiger partial charge in [0.05, 0.1) is 13.3 Å². The topological polar surface area (TPSA) is 93.5 Å². The molecule has 2 aromatic carbocycles. The Bertz CT molecular complexity index is 1040. The lowest BCUT2D eigenvalue weighted by molar-refractivity contribution is -0.114. The number of aromatic nitrogens is 3. The van der Waals surface area contributed by atoms with E-state index in [4.69, 9.17) is 21.7 Å². The lowest BCUT2D eigenvalue weighted by atomic mass is 10.2.